The minimum atomic E-state index is -0.128. The average Bonchev–Trinajstić information content (AvgIpc) is 2.96. The lowest BCUT2D eigenvalue weighted by atomic mass is 9.51. The van der Waals surface area contributed by atoms with Crippen molar-refractivity contribution >= 4 is 11.9 Å². The molecule has 1 spiro atoms. The van der Waals surface area contributed by atoms with Gasteiger partial charge in [0, 0.05) is 49.2 Å². The van der Waals surface area contributed by atoms with Gasteiger partial charge in [-0.1, -0.05) is 12.5 Å². The smallest absolute Gasteiger partial charge is 0.306 e. The number of cyclic esters (lactones) is 1. The molecule has 0 aromatic carbocycles. The third-order valence-corrected chi connectivity index (χ3v) is 7.41. The number of rotatable bonds is 5. The van der Waals surface area contributed by atoms with Gasteiger partial charge in [-0.3, -0.25) is 14.6 Å². The number of nitrogens with zero attached hydrogens (tertiary/aromatic N) is 2. The summed E-state index contributed by atoms with van der Waals surface area (Å²) in [7, 11) is 0. The lowest BCUT2D eigenvalue weighted by molar-refractivity contribution is -0.138. The second-order valence-electron chi connectivity index (χ2n) is 9.26. The van der Waals surface area contributed by atoms with Crippen LogP contribution in [0.25, 0.3) is 0 Å². The largest absolute Gasteiger partial charge is 0.465 e. The van der Waals surface area contributed by atoms with Gasteiger partial charge < -0.3 is 9.64 Å². The van der Waals surface area contributed by atoms with Gasteiger partial charge >= 0.3 is 5.97 Å². The van der Waals surface area contributed by atoms with Gasteiger partial charge in [0.25, 0.3) is 0 Å². The first-order chi connectivity index (χ1) is 13.1. The Balaban J connectivity index is 1.07. The third-order valence-electron chi connectivity index (χ3n) is 7.41. The van der Waals surface area contributed by atoms with Crippen LogP contribution in [-0.4, -0.2) is 41.5 Å². The molecule has 1 aromatic rings. The molecule has 0 unspecified atom stereocenters. The summed E-state index contributed by atoms with van der Waals surface area (Å²) >= 11 is 0. The highest BCUT2D eigenvalue weighted by atomic mass is 16.5. The Bertz CT molecular complexity index is 726. The maximum atomic E-state index is 12.3. The zero-order valence-corrected chi connectivity index (χ0v) is 15.9. The van der Waals surface area contributed by atoms with E-state index in [0.717, 1.165) is 19.5 Å². The SMILES string of the molecule is O=C1C[C@H](CCC(=O)N2CC(c3ccc(C4CC5(CCC5)C4)nc3)C2)CO1. The minimum Gasteiger partial charge on any atom is -0.465 e. The molecule has 2 aliphatic carbocycles. The van der Waals surface area contributed by atoms with Crippen molar-refractivity contribution < 1.29 is 14.3 Å². The Morgan fingerprint density at radius 1 is 1.22 bits per heavy atom. The molecule has 3 heterocycles. The first-order valence-corrected chi connectivity index (χ1v) is 10.5. The lowest BCUT2D eigenvalue weighted by Gasteiger charge is -2.54. The second-order valence-corrected chi connectivity index (χ2v) is 9.26. The lowest BCUT2D eigenvalue weighted by Crippen LogP contribution is -2.48. The van der Waals surface area contributed by atoms with Crippen LogP contribution < -0.4 is 0 Å². The summed E-state index contributed by atoms with van der Waals surface area (Å²) in [6.07, 6.45) is 10.7. The summed E-state index contributed by atoms with van der Waals surface area (Å²) in [5.74, 6) is 1.39. The Hall–Kier alpha value is -1.91. The molecule has 2 aliphatic heterocycles. The van der Waals surface area contributed by atoms with Crippen molar-refractivity contribution in [3.63, 3.8) is 0 Å². The van der Waals surface area contributed by atoms with Gasteiger partial charge in [0.2, 0.25) is 5.91 Å². The van der Waals surface area contributed by atoms with Crippen LogP contribution >= 0.6 is 0 Å². The van der Waals surface area contributed by atoms with Gasteiger partial charge in [-0.25, -0.2) is 0 Å². The summed E-state index contributed by atoms with van der Waals surface area (Å²) < 4.78 is 4.96. The standard InChI is InChI=1S/C22H28N2O3/c25-20(5-2-15-8-21(26)27-14-15)24-12-18(13-24)16-3-4-19(23-11-16)17-9-22(10-17)6-1-7-22/h3-4,11,15,17-18H,1-2,5-10,12-14H2/t15-/m0/s1. The van der Waals surface area contributed by atoms with E-state index in [2.05, 4.69) is 12.1 Å². The molecule has 4 aliphatic rings. The van der Waals surface area contributed by atoms with Crippen LogP contribution in [0.4, 0.5) is 0 Å². The summed E-state index contributed by atoms with van der Waals surface area (Å²) in [5, 5.41) is 0. The monoisotopic (exact) mass is 368 g/mol. The van der Waals surface area contributed by atoms with Crippen molar-refractivity contribution in [2.75, 3.05) is 19.7 Å². The van der Waals surface area contributed by atoms with E-state index in [1.807, 2.05) is 11.1 Å². The number of ether oxygens (including phenoxy) is 1. The molecule has 1 amide bonds. The second kappa shape index (κ2) is 6.61. The topological polar surface area (TPSA) is 59.5 Å². The first-order valence-electron chi connectivity index (χ1n) is 10.5. The fourth-order valence-corrected chi connectivity index (χ4v) is 5.31. The number of amides is 1. The van der Waals surface area contributed by atoms with E-state index in [1.165, 1.54) is 43.4 Å². The molecule has 1 atom stereocenters. The van der Waals surface area contributed by atoms with Crippen molar-refractivity contribution in [3.05, 3.63) is 29.6 Å². The third kappa shape index (κ3) is 3.26. The number of aromatic nitrogens is 1. The molecule has 5 heteroatoms. The molecular formula is C22H28N2O3. The van der Waals surface area contributed by atoms with Gasteiger partial charge in [-0.05, 0) is 49.1 Å². The van der Waals surface area contributed by atoms with Crippen LogP contribution in [0, 0.1) is 11.3 Å². The predicted molar refractivity (Wildman–Crippen MR) is 100 cm³/mol. The van der Waals surface area contributed by atoms with E-state index in [9.17, 15) is 9.59 Å². The van der Waals surface area contributed by atoms with E-state index in [0.29, 0.717) is 36.7 Å². The van der Waals surface area contributed by atoms with Gasteiger partial charge in [-0.2, -0.15) is 0 Å². The van der Waals surface area contributed by atoms with E-state index in [1.54, 1.807) is 0 Å². The van der Waals surface area contributed by atoms with E-state index in [4.69, 9.17) is 9.72 Å². The summed E-state index contributed by atoms with van der Waals surface area (Å²) in [4.78, 5) is 30.1. The highest BCUT2D eigenvalue weighted by Crippen LogP contribution is 2.61. The molecule has 0 radical (unpaired) electrons. The Morgan fingerprint density at radius 2 is 2.04 bits per heavy atom. The number of hydrogen-bond donors (Lipinski definition) is 0. The van der Waals surface area contributed by atoms with Crippen molar-refractivity contribution in [3.8, 4) is 0 Å². The molecule has 2 saturated heterocycles. The van der Waals surface area contributed by atoms with E-state index < -0.39 is 0 Å². The number of pyridine rings is 1. The molecule has 4 fully saturated rings. The van der Waals surface area contributed by atoms with Crippen molar-refractivity contribution in [2.45, 2.75) is 63.2 Å². The fraction of sp³-hybridized carbons (Fsp3) is 0.682. The Morgan fingerprint density at radius 3 is 2.63 bits per heavy atom. The molecule has 0 N–H and O–H groups in total. The summed E-state index contributed by atoms with van der Waals surface area (Å²) in [6.45, 7) is 2.08. The number of hydrogen-bond acceptors (Lipinski definition) is 4. The van der Waals surface area contributed by atoms with Gasteiger partial charge in [-0.15, -0.1) is 0 Å². The molecule has 1 aromatic heterocycles. The number of carbonyl (C=O) groups is 2. The van der Waals surface area contributed by atoms with Crippen LogP contribution in [0.1, 0.15) is 74.5 Å². The molecule has 0 bridgehead atoms. The highest BCUT2D eigenvalue weighted by Gasteiger charge is 2.48. The normalized spacial score (nSPS) is 27.0. The molecule has 5 rings (SSSR count). The fourth-order valence-electron chi connectivity index (χ4n) is 5.31. The molecule has 27 heavy (non-hydrogen) atoms. The van der Waals surface area contributed by atoms with Gasteiger partial charge in [0.15, 0.2) is 0 Å². The Kier molecular flexibility index (Phi) is 4.21. The number of carbonyl (C=O) groups excluding carboxylic acids is 2. The molecule has 5 nitrogen and oxygen atoms in total. The van der Waals surface area contributed by atoms with Crippen molar-refractivity contribution in [2.24, 2.45) is 11.3 Å². The quantitative estimate of drug-likeness (QED) is 0.748. The van der Waals surface area contributed by atoms with Crippen LogP contribution in [0.2, 0.25) is 0 Å². The molecular weight excluding hydrogens is 340 g/mol. The minimum absolute atomic E-state index is 0.128. The maximum absolute atomic E-state index is 12.3. The Labute approximate surface area is 160 Å². The van der Waals surface area contributed by atoms with E-state index in [-0.39, 0.29) is 17.8 Å². The maximum Gasteiger partial charge on any atom is 0.306 e. The summed E-state index contributed by atoms with van der Waals surface area (Å²) in [5.41, 5.74) is 3.21. The van der Waals surface area contributed by atoms with Crippen LogP contribution in [-0.2, 0) is 14.3 Å². The van der Waals surface area contributed by atoms with Crippen molar-refractivity contribution in [1.82, 2.24) is 9.88 Å². The van der Waals surface area contributed by atoms with Crippen molar-refractivity contribution in [1.29, 1.82) is 0 Å². The zero-order chi connectivity index (χ0) is 18.4. The van der Waals surface area contributed by atoms with Crippen LogP contribution in [0.15, 0.2) is 18.3 Å². The predicted octanol–water partition coefficient (Wildman–Crippen LogP) is 3.40. The molecule has 2 saturated carbocycles. The van der Waals surface area contributed by atoms with Crippen LogP contribution in [0.5, 0.6) is 0 Å². The molecule has 144 valence electrons. The highest BCUT2D eigenvalue weighted by molar-refractivity contribution is 5.77. The van der Waals surface area contributed by atoms with Gasteiger partial charge in [0.1, 0.15) is 0 Å². The van der Waals surface area contributed by atoms with E-state index >= 15 is 0 Å². The number of likely N-dealkylation sites (tertiary alicyclic amines) is 1. The van der Waals surface area contributed by atoms with Gasteiger partial charge in [0.05, 0.1) is 13.0 Å². The number of esters is 1. The zero-order valence-electron chi connectivity index (χ0n) is 15.9. The first kappa shape index (κ1) is 17.2. The van der Waals surface area contributed by atoms with Crippen LogP contribution in [0.3, 0.4) is 0 Å². The summed E-state index contributed by atoms with van der Waals surface area (Å²) in [6, 6.07) is 4.44. The average molecular weight is 368 g/mol.